The van der Waals surface area contributed by atoms with Gasteiger partial charge in [-0.15, -0.1) is 11.3 Å². The fourth-order valence-corrected chi connectivity index (χ4v) is 2.74. The summed E-state index contributed by atoms with van der Waals surface area (Å²) in [7, 11) is 0. The van der Waals surface area contributed by atoms with Crippen LogP contribution in [0.1, 0.15) is 36.6 Å². The van der Waals surface area contributed by atoms with Crippen LogP contribution < -0.4 is 0 Å². The van der Waals surface area contributed by atoms with Crippen molar-refractivity contribution in [1.82, 2.24) is 0 Å². The first-order valence-electron chi connectivity index (χ1n) is 4.95. The van der Waals surface area contributed by atoms with Crippen molar-refractivity contribution in [1.29, 1.82) is 0 Å². The Morgan fingerprint density at radius 2 is 2.31 bits per heavy atom. The SMILES string of the molecule is CCC(O)(c1csc(C)c1)C1CC1. The quantitative estimate of drug-likeness (QED) is 0.787. The zero-order valence-corrected chi connectivity index (χ0v) is 9.03. The maximum atomic E-state index is 10.5. The van der Waals surface area contributed by atoms with E-state index >= 15 is 0 Å². The van der Waals surface area contributed by atoms with E-state index in [1.165, 1.54) is 17.7 Å². The molecule has 0 saturated heterocycles. The fourth-order valence-electron chi connectivity index (χ4n) is 1.96. The molecule has 72 valence electrons. The Labute approximate surface area is 83.4 Å². The predicted molar refractivity (Wildman–Crippen MR) is 56.0 cm³/mol. The summed E-state index contributed by atoms with van der Waals surface area (Å²) in [5.41, 5.74) is 0.616. The average Bonchev–Trinajstić information content (AvgIpc) is 2.89. The minimum absolute atomic E-state index is 0.520. The number of aliphatic hydroxyl groups is 1. The lowest BCUT2D eigenvalue weighted by atomic mass is 9.88. The van der Waals surface area contributed by atoms with Crippen LogP contribution >= 0.6 is 11.3 Å². The van der Waals surface area contributed by atoms with Crippen molar-refractivity contribution in [3.63, 3.8) is 0 Å². The molecule has 0 radical (unpaired) electrons. The van der Waals surface area contributed by atoms with Gasteiger partial charge >= 0.3 is 0 Å². The zero-order valence-electron chi connectivity index (χ0n) is 8.21. The van der Waals surface area contributed by atoms with Gasteiger partial charge in [0.25, 0.3) is 0 Å². The molecule has 1 atom stereocenters. The number of hydrogen-bond donors (Lipinski definition) is 1. The standard InChI is InChI=1S/C11H16OS/c1-3-11(12,9-4-5-9)10-6-8(2)13-7-10/h6-7,9,12H,3-5H2,1-2H3. The van der Waals surface area contributed by atoms with E-state index < -0.39 is 5.60 Å². The molecule has 1 aliphatic carbocycles. The number of rotatable bonds is 3. The second-order valence-electron chi connectivity index (χ2n) is 4.00. The fraction of sp³-hybridized carbons (Fsp3) is 0.636. The molecular formula is C11H16OS. The van der Waals surface area contributed by atoms with Crippen LogP contribution in [0.3, 0.4) is 0 Å². The summed E-state index contributed by atoms with van der Waals surface area (Å²) in [4.78, 5) is 1.29. The van der Waals surface area contributed by atoms with E-state index in [4.69, 9.17) is 0 Å². The molecular weight excluding hydrogens is 180 g/mol. The maximum absolute atomic E-state index is 10.5. The Bertz CT molecular complexity index is 301. The normalized spacial score (nSPS) is 21.5. The minimum atomic E-state index is -0.523. The van der Waals surface area contributed by atoms with Crippen LogP contribution in [0.15, 0.2) is 11.4 Å². The third-order valence-corrected chi connectivity index (χ3v) is 3.88. The highest BCUT2D eigenvalue weighted by atomic mass is 32.1. The van der Waals surface area contributed by atoms with Gasteiger partial charge in [0, 0.05) is 4.88 Å². The predicted octanol–water partition coefficient (Wildman–Crippen LogP) is 3.06. The van der Waals surface area contributed by atoms with Gasteiger partial charge in [0.15, 0.2) is 0 Å². The van der Waals surface area contributed by atoms with Crippen molar-refractivity contribution < 1.29 is 5.11 Å². The molecule has 1 aromatic heterocycles. The van der Waals surface area contributed by atoms with Crippen LogP contribution in [-0.4, -0.2) is 5.11 Å². The Hall–Kier alpha value is -0.340. The van der Waals surface area contributed by atoms with E-state index in [0.29, 0.717) is 5.92 Å². The highest BCUT2D eigenvalue weighted by molar-refractivity contribution is 7.10. The van der Waals surface area contributed by atoms with Gasteiger partial charge in [-0.1, -0.05) is 6.92 Å². The third kappa shape index (κ3) is 1.53. The summed E-state index contributed by atoms with van der Waals surface area (Å²) in [5.74, 6) is 0.520. The lowest BCUT2D eigenvalue weighted by Gasteiger charge is -2.25. The number of thiophene rings is 1. The highest BCUT2D eigenvalue weighted by Gasteiger charge is 2.43. The highest BCUT2D eigenvalue weighted by Crippen LogP contribution is 2.48. The van der Waals surface area contributed by atoms with Crippen LogP contribution in [0.5, 0.6) is 0 Å². The van der Waals surface area contributed by atoms with Crippen LogP contribution in [0.4, 0.5) is 0 Å². The van der Waals surface area contributed by atoms with Gasteiger partial charge in [-0.3, -0.25) is 0 Å². The van der Waals surface area contributed by atoms with E-state index in [0.717, 1.165) is 12.0 Å². The first-order valence-corrected chi connectivity index (χ1v) is 5.82. The van der Waals surface area contributed by atoms with Gasteiger partial charge < -0.3 is 5.11 Å². The zero-order chi connectivity index (χ0) is 9.47. The molecule has 0 spiro atoms. The number of hydrogen-bond acceptors (Lipinski definition) is 2. The van der Waals surface area contributed by atoms with Crippen LogP contribution in [-0.2, 0) is 5.60 Å². The first-order chi connectivity index (χ1) is 6.16. The second kappa shape index (κ2) is 3.10. The molecule has 0 aromatic carbocycles. The summed E-state index contributed by atoms with van der Waals surface area (Å²) >= 11 is 1.73. The monoisotopic (exact) mass is 196 g/mol. The lowest BCUT2D eigenvalue weighted by Crippen LogP contribution is -2.26. The Kier molecular flexibility index (Phi) is 2.20. The van der Waals surface area contributed by atoms with Crippen molar-refractivity contribution in [2.24, 2.45) is 5.92 Å². The lowest BCUT2D eigenvalue weighted by molar-refractivity contribution is 0.00929. The van der Waals surface area contributed by atoms with E-state index in [2.05, 4.69) is 25.3 Å². The molecule has 13 heavy (non-hydrogen) atoms. The molecule has 1 fully saturated rings. The molecule has 0 aliphatic heterocycles. The smallest absolute Gasteiger partial charge is 0.0930 e. The van der Waals surface area contributed by atoms with E-state index in [9.17, 15) is 5.11 Å². The maximum Gasteiger partial charge on any atom is 0.0930 e. The topological polar surface area (TPSA) is 20.2 Å². The van der Waals surface area contributed by atoms with Gasteiger partial charge in [-0.25, -0.2) is 0 Å². The molecule has 1 saturated carbocycles. The van der Waals surface area contributed by atoms with Crippen molar-refractivity contribution in [3.05, 3.63) is 21.9 Å². The van der Waals surface area contributed by atoms with Gasteiger partial charge in [0.2, 0.25) is 0 Å². The van der Waals surface area contributed by atoms with Crippen molar-refractivity contribution in [2.45, 2.75) is 38.7 Å². The third-order valence-electron chi connectivity index (χ3n) is 3.02. The second-order valence-corrected chi connectivity index (χ2v) is 5.11. The number of aryl methyl sites for hydroxylation is 1. The summed E-state index contributed by atoms with van der Waals surface area (Å²) in [6.45, 7) is 4.17. The largest absolute Gasteiger partial charge is 0.385 e. The van der Waals surface area contributed by atoms with Gasteiger partial charge in [-0.2, -0.15) is 0 Å². The molecule has 2 rings (SSSR count). The van der Waals surface area contributed by atoms with Crippen LogP contribution in [0.2, 0.25) is 0 Å². The van der Waals surface area contributed by atoms with Crippen LogP contribution in [0.25, 0.3) is 0 Å². The molecule has 0 bridgehead atoms. The molecule has 1 N–H and O–H groups in total. The van der Waals surface area contributed by atoms with Crippen molar-refractivity contribution >= 4 is 11.3 Å². The molecule has 0 amide bonds. The van der Waals surface area contributed by atoms with E-state index in [-0.39, 0.29) is 0 Å². The molecule has 1 aliphatic rings. The van der Waals surface area contributed by atoms with Crippen LogP contribution in [0, 0.1) is 12.8 Å². The van der Waals surface area contributed by atoms with E-state index in [1.807, 2.05) is 0 Å². The Balaban J connectivity index is 2.29. The molecule has 1 nitrogen and oxygen atoms in total. The molecule has 2 heteroatoms. The van der Waals surface area contributed by atoms with Gasteiger partial charge in [0.05, 0.1) is 5.60 Å². The van der Waals surface area contributed by atoms with Crippen molar-refractivity contribution in [3.8, 4) is 0 Å². The first kappa shape index (κ1) is 9.22. The van der Waals surface area contributed by atoms with Gasteiger partial charge in [-0.05, 0) is 49.1 Å². The molecule has 1 unspecified atom stereocenters. The van der Waals surface area contributed by atoms with E-state index in [1.54, 1.807) is 11.3 Å². The minimum Gasteiger partial charge on any atom is -0.385 e. The van der Waals surface area contributed by atoms with Gasteiger partial charge in [0.1, 0.15) is 0 Å². The Morgan fingerprint density at radius 3 is 2.69 bits per heavy atom. The Morgan fingerprint density at radius 1 is 1.62 bits per heavy atom. The summed E-state index contributed by atoms with van der Waals surface area (Å²) < 4.78 is 0. The molecule has 1 aromatic rings. The summed E-state index contributed by atoms with van der Waals surface area (Å²) in [6.07, 6.45) is 3.23. The summed E-state index contributed by atoms with van der Waals surface area (Å²) in [6, 6.07) is 2.13. The molecule has 1 heterocycles. The summed E-state index contributed by atoms with van der Waals surface area (Å²) in [5, 5.41) is 12.6. The average molecular weight is 196 g/mol. The van der Waals surface area contributed by atoms with Crippen molar-refractivity contribution in [2.75, 3.05) is 0 Å².